The summed E-state index contributed by atoms with van der Waals surface area (Å²) in [5.74, 6) is 0.402. The van der Waals surface area contributed by atoms with Crippen molar-refractivity contribution in [1.82, 2.24) is 4.90 Å². The molecular weight excluding hydrogens is 558 g/mol. The number of halogens is 1. The molecule has 0 bridgehead atoms. The van der Waals surface area contributed by atoms with Gasteiger partial charge in [-0.3, -0.25) is 9.10 Å². The van der Waals surface area contributed by atoms with E-state index in [2.05, 4.69) is 4.90 Å². The van der Waals surface area contributed by atoms with E-state index in [9.17, 15) is 13.2 Å². The first-order valence-electron chi connectivity index (χ1n) is 13.4. The van der Waals surface area contributed by atoms with Gasteiger partial charge in [0.05, 0.1) is 17.1 Å². The second-order valence-corrected chi connectivity index (χ2v) is 12.2. The van der Waals surface area contributed by atoms with Gasteiger partial charge in [-0.1, -0.05) is 65.7 Å². The Morgan fingerprint density at radius 3 is 2.20 bits per heavy atom. The molecule has 1 saturated heterocycles. The summed E-state index contributed by atoms with van der Waals surface area (Å²) in [5.41, 5.74) is 3.40. The van der Waals surface area contributed by atoms with Gasteiger partial charge in [0.1, 0.15) is 5.75 Å². The van der Waals surface area contributed by atoms with Gasteiger partial charge in [-0.05, 0) is 67.1 Å². The van der Waals surface area contributed by atoms with Crippen molar-refractivity contribution in [3.8, 4) is 5.75 Å². The molecule has 5 rings (SSSR count). The van der Waals surface area contributed by atoms with Crippen molar-refractivity contribution in [1.29, 1.82) is 0 Å². The number of carbonyl (C=O) groups is 1. The van der Waals surface area contributed by atoms with Crippen LogP contribution in [0.5, 0.6) is 5.75 Å². The van der Waals surface area contributed by atoms with Gasteiger partial charge in [0.25, 0.3) is 15.9 Å². The van der Waals surface area contributed by atoms with E-state index < -0.39 is 10.0 Å². The molecule has 0 N–H and O–H groups in total. The standard InChI is InChI=1S/C32H32ClN3O4S/c1-25-10-16-31(17-11-25)41(38,39)36(23-26-6-3-2-4-7-26)28-12-14-30(15-13-28)40-24-32(37)35-20-18-34(19-21-35)29-9-5-8-27(33)22-29/h2-17,22H,18-21,23-24H2,1H3. The molecule has 1 amide bonds. The van der Waals surface area contributed by atoms with Gasteiger partial charge in [0.2, 0.25) is 0 Å². The minimum Gasteiger partial charge on any atom is -0.484 e. The number of carbonyl (C=O) groups excluding carboxylic acids is 1. The van der Waals surface area contributed by atoms with Crippen LogP contribution in [0.1, 0.15) is 11.1 Å². The topological polar surface area (TPSA) is 70.2 Å². The smallest absolute Gasteiger partial charge is 0.264 e. The van der Waals surface area contributed by atoms with Crippen molar-refractivity contribution >= 4 is 38.9 Å². The van der Waals surface area contributed by atoms with Crippen LogP contribution in [0, 0.1) is 6.92 Å². The molecule has 1 aliphatic rings. The summed E-state index contributed by atoms with van der Waals surface area (Å²) < 4.78 is 34.6. The molecule has 0 unspecified atom stereocenters. The van der Waals surface area contributed by atoms with Crippen molar-refractivity contribution in [2.24, 2.45) is 0 Å². The summed E-state index contributed by atoms with van der Waals surface area (Å²) in [7, 11) is -3.83. The van der Waals surface area contributed by atoms with Gasteiger partial charge >= 0.3 is 0 Å². The Kier molecular flexibility index (Phi) is 8.81. The highest BCUT2D eigenvalue weighted by molar-refractivity contribution is 7.92. The molecule has 4 aromatic carbocycles. The van der Waals surface area contributed by atoms with Crippen molar-refractivity contribution < 1.29 is 17.9 Å². The number of nitrogens with zero attached hydrogens (tertiary/aromatic N) is 3. The Morgan fingerprint density at radius 2 is 1.54 bits per heavy atom. The first kappa shape index (κ1) is 28.5. The fourth-order valence-electron chi connectivity index (χ4n) is 4.73. The quantitative estimate of drug-likeness (QED) is 0.248. The molecule has 4 aromatic rings. The number of anilines is 2. The molecule has 9 heteroatoms. The highest BCUT2D eigenvalue weighted by atomic mass is 35.5. The van der Waals surface area contributed by atoms with E-state index in [1.165, 1.54) is 4.31 Å². The van der Waals surface area contributed by atoms with E-state index in [1.807, 2.05) is 61.5 Å². The normalized spacial score (nSPS) is 13.6. The van der Waals surface area contributed by atoms with Crippen LogP contribution in [0.15, 0.2) is 108 Å². The zero-order valence-electron chi connectivity index (χ0n) is 22.8. The summed E-state index contributed by atoms with van der Waals surface area (Å²) in [4.78, 5) is 17.1. The molecule has 1 fully saturated rings. The fraction of sp³-hybridized carbons (Fsp3) is 0.219. The lowest BCUT2D eigenvalue weighted by Crippen LogP contribution is -2.50. The molecule has 1 aliphatic heterocycles. The van der Waals surface area contributed by atoms with Gasteiger partial charge < -0.3 is 14.5 Å². The van der Waals surface area contributed by atoms with E-state index in [0.29, 0.717) is 42.6 Å². The second-order valence-electron chi connectivity index (χ2n) is 9.94. The van der Waals surface area contributed by atoms with E-state index in [4.69, 9.17) is 16.3 Å². The van der Waals surface area contributed by atoms with Crippen LogP contribution < -0.4 is 13.9 Å². The summed E-state index contributed by atoms with van der Waals surface area (Å²) in [5, 5.41) is 0.691. The summed E-state index contributed by atoms with van der Waals surface area (Å²) in [6.45, 7) is 4.63. The largest absolute Gasteiger partial charge is 0.484 e. The van der Waals surface area contributed by atoms with Crippen LogP contribution in [-0.4, -0.2) is 52.0 Å². The zero-order valence-corrected chi connectivity index (χ0v) is 24.4. The van der Waals surface area contributed by atoms with Crippen molar-refractivity contribution in [3.05, 3.63) is 119 Å². The van der Waals surface area contributed by atoms with Crippen LogP contribution in [0.2, 0.25) is 5.02 Å². The minimum absolute atomic E-state index is 0.0903. The molecular formula is C32H32ClN3O4S. The van der Waals surface area contributed by atoms with E-state index >= 15 is 0 Å². The summed E-state index contributed by atoms with van der Waals surface area (Å²) >= 11 is 6.12. The first-order valence-corrected chi connectivity index (χ1v) is 15.3. The lowest BCUT2D eigenvalue weighted by molar-refractivity contribution is -0.133. The molecule has 0 aromatic heterocycles. The number of benzene rings is 4. The fourth-order valence-corrected chi connectivity index (χ4v) is 6.37. The highest BCUT2D eigenvalue weighted by Crippen LogP contribution is 2.28. The van der Waals surface area contributed by atoms with Gasteiger partial charge in [-0.15, -0.1) is 0 Å². The van der Waals surface area contributed by atoms with Crippen LogP contribution in [0.25, 0.3) is 0 Å². The Balaban J connectivity index is 1.23. The number of rotatable bonds is 9. The van der Waals surface area contributed by atoms with Gasteiger partial charge in [0.15, 0.2) is 6.61 Å². The van der Waals surface area contributed by atoms with Crippen molar-refractivity contribution in [3.63, 3.8) is 0 Å². The average Bonchev–Trinajstić information content (AvgIpc) is 3.00. The number of hydrogen-bond acceptors (Lipinski definition) is 5. The average molecular weight is 590 g/mol. The molecule has 0 atom stereocenters. The predicted octanol–water partition coefficient (Wildman–Crippen LogP) is 5.77. The molecule has 0 spiro atoms. The van der Waals surface area contributed by atoms with E-state index in [-0.39, 0.29) is 24.0 Å². The SMILES string of the molecule is Cc1ccc(S(=O)(=O)N(Cc2ccccc2)c2ccc(OCC(=O)N3CCN(c4cccc(Cl)c4)CC3)cc2)cc1. The number of hydrogen-bond donors (Lipinski definition) is 0. The lowest BCUT2D eigenvalue weighted by atomic mass is 10.2. The molecule has 1 heterocycles. The number of ether oxygens (including phenoxy) is 1. The molecule has 0 aliphatic carbocycles. The first-order chi connectivity index (χ1) is 19.8. The molecule has 7 nitrogen and oxygen atoms in total. The number of piperazine rings is 1. The Labute approximate surface area is 246 Å². The summed E-state index contributed by atoms with van der Waals surface area (Å²) in [6.07, 6.45) is 0. The minimum atomic E-state index is -3.83. The Bertz CT molecular complexity index is 1570. The zero-order chi connectivity index (χ0) is 28.8. The number of aryl methyl sites for hydroxylation is 1. The highest BCUT2D eigenvalue weighted by Gasteiger charge is 2.26. The van der Waals surface area contributed by atoms with Crippen molar-refractivity contribution in [2.75, 3.05) is 42.0 Å². The number of sulfonamides is 1. The maximum atomic E-state index is 13.7. The third-order valence-corrected chi connectivity index (χ3v) is 9.09. The van der Waals surface area contributed by atoms with Crippen LogP contribution >= 0.6 is 11.6 Å². The Hall–Kier alpha value is -4.01. The predicted molar refractivity (Wildman–Crippen MR) is 163 cm³/mol. The van der Waals surface area contributed by atoms with Crippen LogP contribution in [-0.2, 0) is 21.4 Å². The van der Waals surface area contributed by atoms with Gasteiger partial charge in [-0.25, -0.2) is 8.42 Å². The third-order valence-electron chi connectivity index (χ3n) is 7.07. The van der Waals surface area contributed by atoms with Gasteiger partial charge in [0, 0.05) is 36.9 Å². The van der Waals surface area contributed by atoms with Crippen LogP contribution in [0.3, 0.4) is 0 Å². The third kappa shape index (κ3) is 7.01. The van der Waals surface area contributed by atoms with Crippen LogP contribution in [0.4, 0.5) is 11.4 Å². The number of amides is 1. The Morgan fingerprint density at radius 1 is 0.854 bits per heavy atom. The molecule has 41 heavy (non-hydrogen) atoms. The molecule has 0 radical (unpaired) electrons. The summed E-state index contributed by atoms with van der Waals surface area (Å²) in [6, 6.07) is 30.8. The molecule has 212 valence electrons. The maximum Gasteiger partial charge on any atom is 0.264 e. The van der Waals surface area contributed by atoms with Crippen molar-refractivity contribution in [2.45, 2.75) is 18.4 Å². The van der Waals surface area contributed by atoms with Gasteiger partial charge in [-0.2, -0.15) is 0 Å². The van der Waals surface area contributed by atoms with E-state index in [1.54, 1.807) is 53.4 Å². The monoisotopic (exact) mass is 589 g/mol. The van der Waals surface area contributed by atoms with E-state index in [0.717, 1.165) is 16.8 Å². The second kappa shape index (κ2) is 12.7. The maximum absolute atomic E-state index is 13.7. The molecule has 0 saturated carbocycles. The lowest BCUT2D eigenvalue weighted by Gasteiger charge is -2.36.